The molecule has 218 valence electrons. The van der Waals surface area contributed by atoms with E-state index in [1.54, 1.807) is 0 Å². The predicted molar refractivity (Wildman–Crippen MR) is 169 cm³/mol. The summed E-state index contributed by atoms with van der Waals surface area (Å²) in [5.41, 5.74) is 4.35. The van der Waals surface area contributed by atoms with Crippen molar-refractivity contribution in [3.05, 3.63) is 138 Å². The lowest BCUT2D eigenvalue weighted by Crippen LogP contribution is -2.43. The SMILES string of the molecule is O=C1N[C@@H](Cc2ccccc2)COCCCCN(CCc2ccccc2)[C@@H](Cc2ccccc2)COc2ccccc21. The number of nitrogens with one attached hydrogen (secondary N) is 1. The van der Waals surface area contributed by atoms with Crippen LogP contribution in [0.4, 0.5) is 0 Å². The molecule has 1 aliphatic rings. The third-order valence-electron chi connectivity index (χ3n) is 7.89. The molecule has 0 saturated heterocycles. The van der Waals surface area contributed by atoms with Gasteiger partial charge >= 0.3 is 0 Å². The van der Waals surface area contributed by atoms with Gasteiger partial charge in [-0.15, -0.1) is 0 Å². The van der Waals surface area contributed by atoms with E-state index in [0.717, 1.165) is 38.8 Å². The minimum absolute atomic E-state index is 0.133. The van der Waals surface area contributed by atoms with Gasteiger partial charge in [0, 0.05) is 19.2 Å². The van der Waals surface area contributed by atoms with Crippen LogP contribution in [0.25, 0.3) is 0 Å². The van der Waals surface area contributed by atoms with E-state index >= 15 is 0 Å². The number of nitrogens with zero attached hydrogens (tertiary/aromatic N) is 1. The fourth-order valence-corrected chi connectivity index (χ4v) is 5.60. The highest BCUT2D eigenvalue weighted by Gasteiger charge is 2.23. The van der Waals surface area contributed by atoms with Crippen molar-refractivity contribution in [2.24, 2.45) is 0 Å². The van der Waals surface area contributed by atoms with Gasteiger partial charge in [0.25, 0.3) is 5.91 Å². The second-order valence-electron chi connectivity index (χ2n) is 11.1. The number of carbonyl (C=O) groups is 1. The zero-order valence-electron chi connectivity index (χ0n) is 24.4. The lowest BCUT2D eigenvalue weighted by atomic mass is 10.0. The number of fused-ring (bicyclic) bond motifs is 1. The van der Waals surface area contributed by atoms with Crippen LogP contribution in [0.5, 0.6) is 5.75 Å². The molecule has 0 aromatic heterocycles. The van der Waals surface area contributed by atoms with Crippen molar-refractivity contribution >= 4 is 5.91 Å². The monoisotopic (exact) mass is 562 g/mol. The molecule has 0 fully saturated rings. The van der Waals surface area contributed by atoms with Gasteiger partial charge in [0.2, 0.25) is 0 Å². The van der Waals surface area contributed by atoms with Crippen LogP contribution in [0.1, 0.15) is 39.9 Å². The lowest BCUT2D eigenvalue weighted by molar-refractivity contribution is 0.0821. The average molecular weight is 563 g/mol. The van der Waals surface area contributed by atoms with E-state index in [-0.39, 0.29) is 18.0 Å². The molecule has 5 nitrogen and oxygen atoms in total. The molecule has 4 aromatic carbocycles. The quantitative estimate of drug-likeness (QED) is 0.284. The van der Waals surface area contributed by atoms with Crippen LogP contribution in [-0.2, 0) is 24.0 Å². The Balaban J connectivity index is 1.38. The Hall–Kier alpha value is -3.93. The van der Waals surface area contributed by atoms with Gasteiger partial charge < -0.3 is 14.8 Å². The van der Waals surface area contributed by atoms with Gasteiger partial charge in [0.15, 0.2) is 0 Å². The Labute approximate surface area is 250 Å². The zero-order chi connectivity index (χ0) is 28.8. The smallest absolute Gasteiger partial charge is 0.255 e. The third-order valence-corrected chi connectivity index (χ3v) is 7.89. The molecule has 2 atom stereocenters. The van der Waals surface area contributed by atoms with Crippen molar-refractivity contribution in [1.82, 2.24) is 10.2 Å². The summed E-state index contributed by atoms with van der Waals surface area (Å²) in [6.07, 6.45) is 4.56. The highest BCUT2D eigenvalue weighted by molar-refractivity contribution is 5.97. The van der Waals surface area contributed by atoms with Crippen LogP contribution < -0.4 is 10.1 Å². The second-order valence-corrected chi connectivity index (χ2v) is 11.1. The minimum atomic E-state index is -0.134. The summed E-state index contributed by atoms with van der Waals surface area (Å²) in [6, 6.07) is 39.2. The Morgan fingerprint density at radius 2 is 1.31 bits per heavy atom. The number of carbonyl (C=O) groups excluding carboxylic acids is 1. The van der Waals surface area contributed by atoms with E-state index < -0.39 is 0 Å². The van der Waals surface area contributed by atoms with E-state index in [2.05, 4.69) is 83.0 Å². The van der Waals surface area contributed by atoms with E-state index in [1.165, 1.54) is 16.7 Å². The molecule has 5 rings (SSSR count). The molecule has 0 radical (unpaired) electrons. The first-order valence-electron chi connectivity index (χ1n) is 15.2. The number of amides is 1. The van der Waals surface area contributed by atoms with E-state index in [0.29, 0.717) is 37.6 Å². The number of benzene rings is 4. The van der Waals surface area contributed by atoms with Crippen LogP contribution in [0.3, 0.4) is 0 Å². The van der Waals surface area contributed by atoms with E-state index in [1.807, 2.05) is 42.5 Å². The van der Waals surface area contributed by atoms with Gasteiger partial charge in [0.1, 0.15) is 12.4 Å². The van der Waals surface area contributed by atoms with Crippen LogP contribution in [0, 0.1) is 0 Å². The lowest BCUT2D eigenvalue weighted by Gasteiger charge is -2.32. The van der Waals surface area contributed by atoms with E-state index in [4.69, 9.17) is 9.47 Å². The van der Waals surface area contributed by atoms with Crippen LogP contribution >= 0.6 is 0 Å². The molecular formula is C37H42N2O3. The fourth-order valence-electron chi connectivity index (χ4n) is 5.60. The normalized spacial score (nSPS) is 19.0. The molecular weight excluding hydrogens is 520 g/mol. The molecule has 5 heteroatoms. The number of hydrogen-bond acceptors (Lipinski definition) is 4. The van der Waals surface area contributed by atoms with Crippen molar-refractivity contribution in [3.8, 4) is 5.75 Å². The molecule has 42 heavy (non-hydrogen) atoms. The van der Waals surface area contributed by atoms with Gasteiger partial charge in [-0.1, -0.05) is 103 Å². The second kappa shape index (κ2) is 15.9. The van der Waals surface area contributed by atoms with Gasteiger partial charge in [-0.25, -0.2) is 0 Å². The van der Waals surface area contributed by atoms with E-state index in [9.17, 15) is 4.79 Å². The Bertz CT molecular complexity index is 1350. The largest absolute Gasteiger partial charge is 0.491 e. The summed E-state index contributed by atoms with van der Waals surface area (Å²) in [5, 5.41) is 3.24. The minimum Gasteiger partial charge on any atom is -0.491 e. The van der Waals surface area contributed by atoms with Gasteiger partial charge in [-0.2, -0.15) is 0 Å². The molecule has 0 spiro atoms. The maximum Gasteiger partial charge on any atom is 0.255 e. The summed E-state index contributed by atoms with van der Waals surface area (Å²) >= 11 is 0. The maximum atomic E-state index is 13.6. The standard InChI is InChI=1S/C37H42N2O3/c40-37-35-20-10-11-21-36(35)42-29-34(27-32-18-8-3-9-19-32)39(24-22-30-14-4-1-5-15-30)23-12-13-25-41-28-33(38-37)26-31-16-6-2-7-17-31/h1-11,14-21,33-34H,12-13,22-29H2,(H,38,40)/t33-,34-/m0/s1. The predicted octanol–water partition coefficient (Wildman–Crippen LogP) is 6.37. The highest BCUT2D eigenvalue weighted by Crippen LogP contribution is 2.21. The molecule has 1 heterocycles. The molecule has 0 aliphatic carbocycles. The molecule has 4 aromatic rings. The van der Waals surface area contributed by atoms with Crippen molar-refractivity contribution in [1.29, 1.82) is 0 Å². The topological polar surface area (TPSA) is 50.8 Å². The molecule has 1 aliphatic heterocycles. The first-order chi connectivity index (χ1) is 20.7. The highest BCUT2D eigenvalue weighted by atomic mass is 16.5. The van der Waals surface area contributed by atoms with Crippen LogP contribution in [0.15, 0.2) is 115 Å². The number of ether oxygens (including phenoxy) is 2. The number of rotatable bonds is 7. The average Bonchev–Trinajstić information content (AvgIpc) is 3.04. The molecule has 0 bridgehead atoms. The number of hydrogen-bond donors (Lipinski definition) is 1. The summed E-state index contributed by atoms with van der Waals surface area (Å²) < 4.78 is 12.7. The summed E-state index contributed by atoms with van der Waals surface area (Å²) in [4.78, 5) is 16.2. The Morgan fingerprint density at radius 3 is 2.02 bits per heavy atom. The van der Waals surface area contributed by atoms with Crippen LogP contribution in [-0.4, -0.2) is 55.8 Å². The molecule has 0 unspecified atom stereocenters. The first-order valence-corrected chi connectivity index (χ1v) is 15.2. The van der Waals surface area contributed by atoms with Crippen molar-refractivity contribution in [2.45, 2.75) is 44.2 Å². The summed E-state index contributed by atoms with van der Waals surface area (Å²) in [7, 11) is 0. The summed E-state index contributed by atoms with van der Waals surface area (Å²) in [5.74, 6) is 0.482. The molecule has 1 amide bonds. The number of para-hydroxylation sites is 1. The Kier molecular flexibility index (Phi) is 11.2. The van der Waals surface area contributed by atoms with Crippen molar-refractivity contribution < 1.29 is 14.3 Å². The van der Waals surface area contributed by atoms with Crippen LogP contribution in [0.2, 0.25) is 0 Å². The first kappa shape index (κ1) is 29.6. The van der Waals surface area contributed by atoms with Gasteiger partial charge in [-0.3, -0.25) is 9.69 Å². The maximum absolute atomic E-state index is 13.6. The fraction of sp³-hybridized carbons (Fsp3) is 0.324. The molecule has 0 saturated carbocycles. The van der Waals surface area contributed by atoms with Crippen molar-refractivity contribution in [2.75, 3.05) is 32.9 Å². The molecule has 1 N–H and O–H groups in total. The van der Waals surface area contributed by atoms with Gasteiger partial charge in [0.05, 0.1) is 18.2 Å². The van der Waals surface area contributed by atoms with Gasteiger partial charge in [-0.05, 0) is 67.5 Å². The summed E-state index contributed by atoms with van der Waals surface area (Å²) in [6.45, 7) is 3.54. The third kappa shape index (κ3) is 9.04. The zero-order valence-corrected chi connectivity index (χ0v) is 24.4. The van der Waals surface area contributed by atoms with Crippen molar-refractivity contribution in [3.63, 3.8) is 0 Å². The Morgan fingerprint density at radius 1 is 0.690 bits per heavy atom.